The smallest absolute Gasteiger partial charge is 0.0762 e. The first-order valence-electron chi connectivity index (χ1n) is 4.41. The van der Waals surface area contributed by atoms with E-state index >= 15 is 0 Å². The summed E-state index contributed by atoms with van der Waals surface area (Å²) >= 11 is 1.71. The summed E-state index contributed by atoms with van der Waals surface area (Å²) in [4.78, 5) is 5.41. The van der Waals surface area contributed by atoms with Gasteiger partial charge in [-0.3, -0.25) is 4.98 Å². The van der Waals surface area contributed by atoms with E-state index in [1.807, 2.05) is 26.1 Å². The lowest BCUT2D eigenvalue weighted by molar-refractivity contribution is 1.15. The molecule has 0 radical (unpaired) electrons. The molecule has 1 aromatic rings. The van der Waals surface area contributed by atoms with Crippen LogP contribution in [0.5, 0.6) is 0 Å². The Balaban J connectivity index is 0.000000671. The molecule has 1 aromatic heterocycles. The zero-order valence-electron chi connectivity index (χ0n) is 8.79. The normalized spacial score (nSPS) is 8.62. The number of rotatable bonds is 2. The highest BCUT2D eigenvalue weighted by atomic mass is 32.2. The predicted octanol–water partition coefficient (Wildman–Crippen LogP) is 3.78. The molecule has 13 heavy (non-hydrogen) atoms. The third-order valence-corrected chi connectivity index (χ3v) is 2.47. The van der Waals surface area contributed by atoms with Crippen molar-refractivity contribution in [1.29, 1.82) is 0 Å². The van der Waals surface area contributed by atoms with Crippen molar-refractivity contribution in [2.24, 2.45) is 0 Å². The van der Waals surface area contributed by atoms with E-state index < -0.39 is 0 Å². The van der Waals surface area contributed by atoms with Crippen LogP contribution in [0, 0.1) is 6.92 Å². The minimum absolute atomic E-state index is 0.984. The van der Waals surface area contributed by atoms with Crippen LogP contribution in [-0.2, 0) is 0 Å². The van der Waals surface area contributed by atoms with Crippen molar-refractivity contribution in [3.63, 3.8) is 0 Å². The molecule has 0 aliphatic heterocycles. The Morgan fingerprint density at radius 2 is 2.08 bits per heavy atom. The molecular formula is C11H17NS. The van der Waals surface area contributed by atoms with Crippen molar-refractivity contribution < 1.29 is 0 Å². The van der Waals surface area contributed by atoms with E-state index in [0.717, 1.165) is 5.69 Å². The molecule has 0 N–H and O–H groups in total. The topological polar surface area (TPSA) is 12.9 Å². The summed E-state index contributed by atoms with van der Waals surface area (Å²) in [6.07, 6.45) is 5.65. The van der Waals surface area contributed by atoms with Crippen molar-refractivity contribution in [3.8, 4) is 0 Å². The summed E-state index contributed by atoms with van der Waals surface area (Å²) in [7, 11) is 0. The monoisotopic (exact) mass is 195 g/mol. The standard InChI is InChI=1S/C9H11NS.C2H6/c1-4-8-9(11-3)7(2)5-6-10-8;1-2/h4-6H,1H2,2-3H3;1-2H3. The van der Waals surface area contributed by atoms with Crippen LogP contribution in [0.2, 0.25) is 0 Å². The van der Waals surface area contributed by atoms with Gasteiger partial charge in [0.1, 0.15) is 0 Å². The summed E-state index contributed by atoms with van der Waals surface area (Å²) in [6, 6.07) is 2.01. The van der Waals surface area contributed by atoms with E-state index in [1.54, 1.807) is 17.8 Å². The Morgan fingerprint density at radius 1 is 1.46 bits per heavy atom. The van der Waals surface area contributed by atoms with Crippen molar-refractivity contribution in [3.05, 3.63) is 30.1 Å². The molecule has 0 amide bonds. The Labute approximate surface area is 85.3 Å². The summed E-state index contributed by atoms with van der Waals surface area (Å²) < 4.78 is 0. The molecule has 1 nitrogen and oxygen atoms in total. The van der Waals surface area contributed by atoms with Gasteiger partial charge in [-0.2, -0.15) is 0 Å². The predicted molar refractivity (Wildman–Crippen MR) is 62.2 cm³/mol. The van der Waals surface area contributed by atoms with Crippen LogP contribution in [0.1, 0.15) is 25.1 Å². The minimum Gasteiger partial charge on any atom is -0.256 e. The lowest BCUT2D eigenvalue weighted by Gasteiger charge is -2.03. The van der Waals surface area contributed by atoms with Crippen LogP contribution in [0.15, 0.2) is 23.7 Å². The van der Waals surface area contributed by atoms with E-state index in [4.69, 9.17) is 0 Å². The zero-order chi connectivity index (χ0) is 10.3. The molecule has 1 heterocycles. The average Bonchev–Trinajstić information content (AvgIpc) is 2.20. The second-order valence-corrected chi connectivity index (χ2v) is 3.07. The van der Waals surface area contributed by atoms with Gasteiger partial charge in [-0.15, -0.1) is 11.8 Å². The summed E-state index contributed by atoms with van der Waals surface area (Å²) in [6.45, 7) is 9.79. The van der Waals surface area contributed by atoms with Crippen LogP contribution in [-0.4, -0.2) is 11.2 Å². The highest BCUT2D eigenvalue weighted by Gasteiger charge is 2.00. The van der Waals surface area contributed by atoms with Gasteiger partial charge >= 0.3 is 0 Å². The van der Waals surface area contributed by atoms with Crippen LogP contribution in [0.25, 0.3) is 6.08 Å². The third kappa shape index (κ3) is 3.23. The van der Waals surface area contributed by atoms with Gasteiger partial charge in [-0.1, -0.05) is 20.4 Å². The van der Waals surface area contributed by atoms with Gasteiger partial charge in [0.2, 0.25) is 0 Å². The molecule has 1 rings (SSSR count). The highest BCUT2D eigenvalue weighted by molar-refractivity contribution is 7.98. The van der Waals surface area contributed by atoms with Gasteiger partial charge in [-0.25, -0.2) is 0 Å². The van der Waals surface area contributed by atoms with E-state index in [1.165, 1.54) is 10.5 Å². The van der Waals surface area contributed by atoms with Gasteiger partial charge in [0.05, 0.1) is 5.69 Å². The number of aryl methyl sites for hydroxylation is 1. The lowest BCUT2D eigenvalue weighted by Crippen LogP contribution is -1.87. The minimum atomic E-state index is 0.984. The summed E-state index contributed by atoms with van der Waals surface area (Å²) in [5.41, 5.74) is 2.25. The molecule has 0 unspecified atom stereocenters. The van der Waals surface area contributed by atoms with Crippen molar-refractivity contribution in [1.82, 2.24) is 4.98 Å². The maximum atomic E-state index is 4.19. The van der Waals surface area contributed by atoms with Crippen molar-refractivity contribution in [2.45, 2.75) is 25.7 Å². The van der Waals surface area contributed by atoms with Crippen LogP contribution in [0.4, 0.5) is 0 Å². The van der Waals surface area contributed by atoms with E-state index in [2.05, 4.69) is 24.7 Å². The van der Waals surface area contributed by atoms with Crippen molar-refractivity contribution >= 4 is 17.8 Å². The fraction of sp³-hybridized carbons (Fsp3) is 0.364. The molecule has 0 atom stereocenters. The van der Waals surface area contributed by atoms with E-state index in [0.29, 0.717) is 0 Å². The molecule has 0 fully saturated rings. The summed E-state index contributed by atoms with van der Waals surface area (Å²) in [5.74, 6) is 0. The van der Waals surface area contributed by atoms with Crippen LogP contribution >= 0.6 is 11.8 Å². The number of aromatic nitrogens is 1. The van der Waals surface area contributed by atoms with Crippen molar-refractivity contribution in [2.75, 3.05) is 6.26 Å². The lowest BCUT2D eigenvalue weighted by atomic mass is 10.2. The second kappa shape index (κ2) is 6.72. The summed E-state index contributed by atoms with van der Waals surface area (Å²) in [5, 5.41) is 0. The fourth-order valence-electron chi connectivity index (χ4n) is 0.977. The van der Waals surface area contributed by atoms with Gasteiger partial charge in [0, 0.05) is 11.1 Å². The molecule has 0 bridgehead atoms. The largest absolute Gasteiger partial charge is 0.256 e. The average molecular weight is 195 g/mol. The Kier molecular flexibility index (Phi) is 6.33. The van der Waals surface area contributed by atoms with Gasteiger partial charge in [-0.05, 0) is 30.9 Å². The number of nitrogens with zero attached hydrogens (tertiary/aromatic N) is 1. The van der Waals surface area contributed by atoms with Gasteiger partial charge in [0.15, 0.2) is 0 Å². The number of hydrogen-bond acceptors (Lipinski definition) is 2. The van der Waals surface area contributed by atoms with Crippen LogP contribution in [0.3, 0.4) is 0 Å². The first-order valence-corrected chi connectivity index (χ1v) is 5.64. The third-order valence-electron chi connectivity index (χ3n) is 1.53. The first-order chi connectivity index (χ1) is 6.29. The Morgan fingerprint density at radius 3 is 2.46 bits per heavy atom. The molecule has 0 saturated heterocycles. The maximum Gasteiger partial charge on any atom is 0.0762 e. The molecule has 2 heteroatoms. The molecule has 0 aliphatic rings. The fourth-order valence-corrected chi connectivity index (χ4v) is 1.71. The molecule has 0 saturated carbocycles. The maximum absolute atomic E-state index is 4.19. The van der Waals surface area contributed by atoms with E-state index in [9.17, 15) is 0 Å². The van der Waals surface area contributed by atoms with Gasteiger partial charge in [0.25, 0.3) is 0 Å². The Bertz CT molecular complexity index is 269. The molecule has 0 aliphatic carbocycles. The quantitative estimate of drug-likeness (QED) is 0.666. The number of thioether (sulfide) groups is 1. The second-order valence-electron chi connectivity index (χ2n) is 2.25. The SMILES string of the molecule is C=Cc1nccc(C)c1SC.CC. The highest BCUT2D eigenvalue weighted by Crippen LogP contribution is 2.22. The Hall–Kier alpha value is -0.760. The molecular weight excluding hydrogens is 178 g/mol. The van der Waals surface area contributed by atoms with Crippen LogP contribution < -0.4 is 0 Å². The molecule has 0 spiro atoms. The first kappa shape index (κ1) is 12.2. The molecule has 72 valence electrons. The number of pyridine rings is 1. The zero-order valence-corrected chi connectivity index (χ0v) is 9.61. The van der Waals surface area contributed by atoms with Gasteiger partial charge < -0.3 is 0 Å². The van der Waals surface area contributed by atoms with E-state index in [-0.39, 0.29) is 0 Å². The number of hydrogen-bond donors (Lipinski definition) is 0. The molecule has 0 aromatic carbocycles.